The molecule has 0 saturated heterocycles. The van der Waals surface area contributed by atoms with E-state index in [1.807, 2.05) is 0 Å². The first-order valence-electron chi connectivity index (χ1n) is 12.4. The summed E-state index contributed by atoms with van der Waals surface area (Å²) in [6.07, 6.45) is 5.86. The van der Waals surface area contributed by atoms with Crippen LogP contribution in [-0.2, 0) is 26.2 Å². The summed E-state index contributed by atoms with van der Waals surface area (Å²) >= 11 is 6.00. The molecule has 0 heterocycles. The summed E-state index contributed by atoms with van der Waals surface area (Å²) in [6, 6.07) is 9.77. The van der Waals surface area contributed by atoms with Crippen molar-refractivity contribution in [1.29, 1.82) is 0 Å². The molecule has 0 aromatic heterocycles. The van der Waals surface area contributed by atoms with Crippen LogP contribution in [0.2, 0.25) is 5.02 Å². The van der Waals surface area contributed by atoms with Crippen molar-refractivity contribution in [2.45, 2.75) is 64.6 Å². The highest BCUT2D eigenvalue weighted by Crippen LogP contribution is 2.28. The fourth-order valence-corrected chi connectivity index (χ4v) is 5.54. The van der Waals surface area contributed by atoms with E-state index >= 15 is 0 Å². The van der Waals surface area contributed by atoms with Gasteiger partial charge in [-0.25, -0.2) is 8.42 Å². The molecule has 3 rings (SSSR count). The number of sulfonamides is 1. The number of nitro groups is 1. The highest BCUT2D eigenvalue weighted by Gasteiger charge is 2.32. The van der Waals surface area contributed by atoms with Gasteiger partial charge in [0, 0.05) is 29.7 Å². The van der Waals surface area contributed by atoms with Crippen LogP contribution in [0.4, 0.5) is 11.4 Å². The van der Waals surface area contributed by atoms with E-state index in [0.29, 0.717) is 16.1 Å². The van der Waals surface area contributed by atoms with Crippen LogP contribution >= 0.6 is 11.6 Å². The molecule has 2 aromatic rings. The molecule has 2 amide bonds. The second kappa shape index (κ2) is 12.6. The molecule has 38 heavy (non-hydrogen) atoms. The standard InChI is InChI=1S/C26H33ClN4O6S/c1-18-9-14-23(31(34)35)15-24(18)30(38(3,36)37)17-25(32)29(16-20-10-12-21(27)13-11-20)19(2)26(33)28-22-7-5-4-6-8-22/h9-15,19,22H,4-8,16-17H2,1-3H3,(H,28,33). The predicted octanol–water partition coefficient (Wildman–Crippen LogP) is 4.19. The predicted molar refractivity (Wildman–Crippen MR) is 147 cm³/mol. The van der Waals surface area contributed by atoms with Crippen LogP contribution in [0, 0.1) is 17.0 Å². The molecule has 206 valence electrons. The van der Waals surface area contributed by atoms with Crippen molar-refractivity contribution in [2.24, 2.45) is 0 Å². The van der Waals surface area contributed by atoms with Crippen LogP contribution in [0.25, 0.3) is 0 Å². The van der Waals surface area contributed by atoms with Gasteiger partial charge in [0.25, 0.3) is 5.69 Å². The number of non-ortho nitro benzene ring substituents is 1. The Balaban J connectivity index is 1.92. The zero-order chi connectivity index (χ0) is 28.0. The van der Waals surface area contributed by atoms with E-state index in [4.69, 9.17) is 11.6 Å². The number of benzene rings is 2. The van der Waals surface area contributed by atoms with Gasteiger partial charge in [-0.05, 0) is 49.9 Å². The van der Waals surface area contributed by atoms with Gasteiger partial charge in [0.1, 0.15) is 12.6 Å². The van der Waals surface area contributed by atoms with Crippen LogP contribution in [0.15, 0.2) is 42.5 Å². The molecular formula is C26H33ClN4O6S. The number of rotatable bonds is 10. The molecule has 1 unspecified atom stereocenters. The van der Waals surface area contributed by atoms with Crippen molar-refractivity contribution in [3.8, 4) is 0 Å². The third-order valence-electron chi connectivity index (χ3n) is 6.74. The van der Waals surface area contributed by atoms with Crippen molar-refractivity contribution >= 4 is 44.8 Å². The zero-order valence-electron chi connectivity index (χ0n) is 21.7. The Labute approximate surface area is 228 Å². The molecule has 0 radical (unpaired) electrons. The number of nitrogens with zero attached hydrogens (tertiary/aromatic N) is 3. The first-order chi connectivity index (χ1) is 17.9. The van der Waals surface area contributed by atoms with E-state index in [1.54, 1.807) is 38.1 Å². The van der Waals surface area contributed by atoms with Gasteiger partial charge in [0.2, 0.25) is 21.8 Å². The molecule has 1 aliphatic carbocycles. The van der Waals surface area contributed by atoms with E-state index in [1.165, 1.54) is 17.0 Å². The van der Waals surface area contributed by atoms with Crippen LogP contribution in [0.5, 0.6) is 0 Å². The minimum Gasteiger partial charge on any atom is -0.352 e. The molecule has 1 aliphatic rings. The van der Waals surface area contributed by atoms with Crippen molar-refractivity contribution in [3.05, 3.63) is 68.7 Å². The Morgan fingerprint density at radius 2 is 1.76 bits per heavy atom. The summed E-state index contributed by atoms with van der Waals surface area (Å²) in [6.45, 7) is 2.62. The molecule has 0 bridgehead atoms. The molecule has 1 fully saturated rings. The lowest BCUT2D eigenvalue weighted by atomic mass is 9.95. The highest BCUT2D eigenvalue weighted by atomic mass is 35.5. The van der Waals surface area contributed by atoms with Crippen molar-refractivity contribution in [2.75, 3.05) is 17.1 Å². The van der Waals surface area contributed by atoms with Gasteiger partial charge in [-0.15, -0.1) is 0 Å². The van der Waals surface area contributed by atoms with Gasteiger partial charge < -0.3 is 10.2 Å². The maximum atomic E-state index is 13.7. The molecule has 2 aromatic carbocycles. The normalized spacial score (nSPS) is 14.9. The molecular weight excluding hydrogens is 532 g/mol. The Bertz CT molecular complexity index is 1280. The summed E-state index contributed by atoms with van der Waals surface area (Å²) in [5.41, 5.74) is 0.879. The number of hydrogen-bond donors (Lipinski definition) is 1. The summed E-state index contributed by atoms with van der Waals surface area (Å²) in [4.78, 5) is 38.9. The number of carbonyl (C=O) groups excluding carboxylic acids is 2. The SMILES string of the molecule is Cc1ccc([N+](=O)[O-])cc1N(CC(=O)N(Cc1ccc(Cl)cc1)C(C)C(=O)NC1CCCCC1)S(C)(=O)=O. The van der Waals surface area contributed by atoms with Gasteiger partial charge in [-0.2, -0.15) is 0 Å². The summed E-state index contributed by atoms with van der Waals surface area (Å²) in [5, 5.41) is 14.9. The second-order valence-electron chi connectivity index (χ2n) is 9.67. The second-order valence-corrected chi connectivity index (χ2v) is 12.0. The number of amides is 2. The zero-order valence-corrected chi connectivity index (χ0v) is 23.3. The maximum absolute atomic E-state index is 13.7. The fraction of sp³-hybridized carbons (Fsp3) is 0.462. The third kappa shape index (κ3) is 7.67. The van der Waals surface area contributed by atoms with E-state index in [9.17, 15) is 28.1 Å². The Morgan fingerprint density at radius 1 is 1.13 bits per heavy atom. The highest BCUT2D eigenvalue weighted by molar-refractivity contribution is 7.92. The molecule has 0 spiro atoms. The van der Waals surface area contributed by atoms with Gasteiger partial charge in [-0.3, -0.25) is 24.0 Å². The van der Waals surface area contributed by atoms with Crippen LogP contribution in [0.1, 0.15) is 50.2 Å². The molecule has 1 N–H and O–H groups in total. The van der Waals surface area contributed by atoms with Gasteiger partial charge >= 0.3 is 0 Å². The van der Waals surface area contributed by atoms with E-state index in [2.05, 4.69) is 5.32 Å². The maximum Gasteiger partial charge on any atom is 0.271 e. The number of anilines is 1. The van der Waals surface area contributed by atoms with Crippen molar-refractivity contribution in [3.63, 3.8) is 0 Å². The number of nitro benzene ring substituents is 1. The topological polar surface area (TPSA) is 130 Å². The average Bonchev–Trinajstić information content (AvgIpc) is 2.86. The Hall–Kier alpha value is -3.18. The van der Waals surface area contributed by atoms with E-state index in [0.717, 1.165) is 48.7 Å². The lowest BCUT2D eigenvalue weighted by molar-refractivity contribution is -0.384. The number of aryl methyl sites for hydroxylation is 1. The molecule has 1 atom stereocenters. The summed E-state index contributed by atoms with van der Waals surface area (Å²) in [5.74, 6) is -0.945. The third-order valence-corrected chi connectivity index (χ3v) is 8.11. The molecule has 1 saturated carbocycles. The van der Waals surface area contributed by atoms with Gasteiger partial charge in [0.15, 0.2) is 0 Å². The largest absolute Gasteiger partial charge is 0.352 e. The summed E-state index contributed by atoms with van der Waals surface area (Å²) in [7, 11) is -4.01. The lowest BCUT2D eigenvalue weighted by Gasteiger charge is -2.33. The van der Waals surface area contributed by atoms with Gasteiger partial charge in [0.05, 0.1) is 16.9 Å². The number of nitrogens with one attached hydrogen (secondary N) is 1. The van der Waals surface area contributed by atoms with Crippen molar-refractivity contribution < 1.29 is 22.9 Å². The van der Waals surface area contributed by atoms with Crippen LogP contribution in [0.3, 0.4) is 0 Å². The van der Waals surface area contributed by atoms with Gasteiger partial charge in [-0.1, -0.05) is 49.1 Å². The fourth-order valence-electron chi connectivity index (χ4n) is 4.51. The smallest absolute Gasteiger partial charge is 0.271 e. The van der Waals surface area contributed by atoms with E-state index in [-0.39, 0.29) is 29.9 Å². The minimum absolute atomic E-state index is 0.0285. The first-order valence-corrected chi connectivity index (χ1v) is 14.7. The number of hydrogen-bond acceptors (Lipinski definition) is 6. The lowest BCUT2D eigenvalue weighted by Crippen LogP contribution is -2.53. The monoisotopic (exact) mass is 564 g/mol. The summed E-state index contributed by atoms with van der Waals surface area (Å²) < 4.78 is 26.4. The van der Waals surface area contributed by atoms with Crippen LogP contribution < -0.4 is 9.62 Å². The minimum atomic E-state index is -4.01. The Morgan fingerprint density at radius 3 is 2.34 bits per heavy atom. The molecule has 0 aliphatic heterocycles. The first kappa shape index (κ1) is 29.4. The quantitative estimate of drug-likeness (QED) is 0.340. The number of carbonyl (C=O) groups is 2. The average molecular weight is 565 g/mol. The molecule has 10 nitrogen and oxygen atoms in total. The van der Waals surface area contributed by atoms with E-state index < -0.39 is 33.4 Å². The van der Waals surface area contributed by atoms with Crippen molar-refractivity contribution in [1.82, 2.24) is 10.2 Å². The molecule has 12 heteroatoms. The van der Waals surface area contributed by atoms with Crippen LogP contribution in [-0.4, -0.2) is 54.9 Å². The number of halogens is 1. The Kier molecular flexibility index (Phi) is 9.72.